The van der Waals surface area contributed by atoms with Gasteiger partial charge in [0.1, 0.15) is 5.75 Å². The van der Waals surface area contributed by atoms with Crippen molar-refractivity contribution >= 4 is 29.0 Å². The summed E-state index contributed by atoms with van der Waals surface area (Å²) in [5.41, 5.74) is 6.97. The van der Waals surface area contributed by atoms with Crippen LogP contribution in [-0.4, -0.2) is 44.9 Å². The predicted octanol–water partition coefficient (Wildman–Crippen LogP) is 4.43. The Bertz CT molecular complexity index is 1600. The summed E-state index contributed by atoms with van der Waals surface area (Å²) in [4.78, 5) is 37.0. The molecule has 1 fully saturated rings. The summed E-state index contributed by atoms with van der Waals surface area (Å²) >= 11 is 0. The zero-order chi connectivity index (χ0) is 28.4. The van der Waals surface area contributed by atoms with Crippen molar-refractivity contribution in [1.29, 1.82) is 0 Å². The lowest BCUT2D eigenvalue weighted by Gasteiger charge is -2.23. The van der Waals surface area contributed by atoms with E-state index in [9.17, 15) is 14.4 Å². The fraction of sp³-hybridized carbons (Fsp3) is 0.286. The van der Waals surface area contributed by atoms with Gasteiger partial charge in [0.05, 0.1) is 35.3 Å². The number of pyridine rings is 1. The third-order valence-corrected chi connectivity index (χ3v) is 6.54. The first-order chi connectivity index (χ1) is 19.2. The highest BCUT2D eigenvalue weighted by Gasteiger charge is 2.22. The summed E-state index contributed by atoms with van der Waals surface area (Å²) in [6.07, 6.45) is 6.03. The molecule has 0 radical (unpaired) electrons. The van der Waals surface area contributed by atoms with Crippen molar-refractivity contribution in [2.45, 2.75) is 39.1 Å². The first kappa shape index (κ1) is 27.0. The molecule has 1 unspecified atom stereocenters. The Kier molecular flexibility index (Phi) is 7.63. The molecule has 1 saturated heterocycles. The lowest BCUT2D eigenvalue weighted by Crippen LogP contribution is -2.22. The molecule has 3 aromatic heterocycles. The van der Waals surface area contributed by atoms with Crippen LogP contribution in [0.15, 0.2) is 48.9 Å². The second-order valence-corrected chi connectivity index (χ2v) is 9.51. The number of amides is 2. The van der Waals surface area contributed by atoms with E-state index in [0.717, 1.165) is 19.3 Å². The molecule has 3 N–H and O–H groups in total. The number of anilines is 1. The highest BCUT2D eigenvalue weighted by molar-refractivity contribution is 6.11. The zero-order valence-electron chi connectivity index (χ0n) is 22.0. The van der Waals surface area contributed by atoms with Gasteiger partial charge in [0.2, 0.25) is 0 Å². The second kappa shape index (κ2) is 11.3. The molecule has 2 amide bonds. The minimum Gasteiger partial charge on any atom is -0.410 e. The minimum atomic E-state index is -1.03. The number of primary amides is 1. The Morgan fingerprint density at radius 2 is 2.05 bits per heavy atom. The number of nitrogens with two attached hydrogens (primary N) is 1. The van der Waals surface area contributed by atoms with Crippen molar-refractivity contribution in [2.24, 2.45) is 12.8 Å². The average molecular weight is 550 g/mol. The number of carbonyl (C=O) groups excluding carboxylic acids is 3. The molecule has 0 aliphatic carbocycles. The number of fused-ring (bicyclic) bond motifs is 1. The molecule has 4 aromatic rings. The maximum absolute atomic E-state index is 15.8. The van der Waals surface area contributed by atoms with Crippen LogP contribution in [0, 0.1) is 5.82 Å². The van der Waals surface area contributed by atoms with Crippen LogP contribution >= 0.6 is 0 Å². The van der Waals surface area contributed by atoms with Crippen molar-refractivity contribution in [3.8, 4) is 16.9 Å². The topological polar surface area (TPSA) is 139 Å². The molecular weight excluding hydrogens is 521 g/mol. The third-order valence-electron chi connectivity index (χ3n) is 6.54. The van der Waals surface area contributed by atoms with Crippen molar-refractivity contribution in [1.82, 2.24) is 14.2 Å². The van der Waals surface area contributed by atoms with E-state index in [4.69, 9.17) is 19.9 Å². The summed E-state index contributed by atoms with van der Waals surface area (Å²) < 4.78 is 35.4. The van der Waals surface area contributed by atoms with E-state index < -0.39 is 17.8 Å². The number of ether oxygens (including phenoxy) is 3. The van der Waals surface area contributed by atoms with Gasteiger partial charge in [-0.05, 0) is 49.1 Å². The number of Topliss-reactive ketones (excluding diaryl/α,β-unsaturated/α-hetero) is 1. The largest absolute Gasteiger partial charge is 0.410 e. The Morgan fingerprint density at radius 1 is 1.23 bits per heavy atom. The van der Waals surface area contributed by atoms with Crippen molar-refractivity contribution in [2.75, 3.05) is 11.9 Å². The number of nitrogens with zero attached hydrogens (tertiary/aromatic N) is 3. The number of halogens is 1. The van der Waals surface area contributed by atoms with Crippen LogP contribution in [0.2, 0.25) is 0 Å². The molecule has 5 rings (SSSR count). The van der Waals surface area contributed by atoms with E-state index in [-0.39, 0.29) is 52.5 Å². The number of benzene rings is 1. The Labute approximate surface area is 228 Å². The van der Waals surface area contributed by atoms with E-state index in [1.165, 1.54) is 48.0 Å². The molecule has 11 nitrogen and oxygen atoms in total. The molecule has 4 heterocycles. The second-order valence-electron chi connectivity index (χ2n) is 9.51. The van der Waals surface area contributed by atoms with Gasteiger partial charge in [0.15, 0.2) is 17.9 Å². The summed E-state index contributed by atoms with van der Waals surface area (Å²) in [5, 5.41) is 6.78. The van der Waals surface area contributed by atoms with Crippen LogP contribution in [-0.2, 0) is 23.1 Å². The van der Waals surface area contributed by atoms with Crippen LogP contribution in [0.1, 0.15) is 52.6 Å². The van der Waals surface area contributed by atoms with Gasteiger partial charge in [-0.1, -0.05) is 0 Å². The number of ketones is 1. The molecular formula is C28H28FN5O6. The smallest absolute Gasteiger partial charge is 0.409 e. The summed E-state index contributed by atoms with van der Waals surface area (Å²) in [7, 11) is 1.72. The predicted molar refractivity (Wildman–Crippen MR) is 143 cm³/mol. The summed E-state index contributed by atoms with van der Waals surface area (Å²) in [6.45, 7) is 2.12. The molecule has 1 aromatic carbocycles. The molecule has 208 valence electrons. The molecule has 0 spiro atoms. The highest BCUT2D eigenvalue weighted by atomic mass is 19.1. The number of hydrogen-bond donors (Lipinski definition) is 2. The Hall–Kier alpha value is -4.55. The number of aromatic nitrogens is 3. The van der Waals surface area contributed by atoms with Gasteiger partial charge < -0.3 is 29.7 Å². The Morgan fingerprint density at radius 3 is 2.73 bits per heavy atom. The normalized spacial score (nSPS) is 15.2. The lowest BCUT2D eigenvalue weighted by molar-refractivity contribution is -0.168. The average Bonchev–Trinajstić information content (AvgIpc) is 3.53. The highest BCUT2D eigenvalue weighted by Crippen LogP contribution is 2.31. The fourth-order valence-corrected chi connectivity index (χ4v) is 4.66. The van der Waals surface area contributed by atoms with Crippen molar-refractivity contribution in [3.63, 3.8) is 0 Å². The molecule has 0 bridgehead atoms. The molecule has 1 aliphatic heterocycles. The maximum Gasteiger partial charge on any atom is 0.409 e. The number of aryl methyl sites for hydroxylation is 1. The number of rotatable bonds is 8. The van der Waals surface area contributed by atoms with Gasteiger partial charge >= 0.3 is 6.09 Å². The van der Waals surface area contributed by atoms with E-state index in [1.807, 2.05) is 0 Å². The third kappa shape index (κ3) is 5.72. The lowest BCUT2D eigenvalue weighted by atomic mass is 10.0. The van der Waals surface area contributed by atoms with E-state index >= 15 is 4.39 Å². The zero-order valence-corrected chi connectivity index (χ0v) is 22.0. The van der Waals surface area contributed by atoms with E-state index in [1.54, 1.807) is 24.0 Å². The molecule has 1 aliphatic rings. The first-order valence-corrected chi connectivity index (χ1v) is 12.7. The van der Waals surface area contributed by atoms with Crippen molar-refractivity contribution in [3.05, 3.63) is 71.6 Å². The molecule has 12 heteroatoms. The van der Waals surface area contributed by atoms with Crippen LogP contribution in [0.25, 0.3) is 16.6 Å². The number of carbonyl (C=O) groups is 3. The van der Waals surface area contributed by atoms with Crippen LogP contribution < -0.4 is 15.8 Å². The van der Waals surface area contributed by atoms with Gasteiger partial charge in [0.25, 0.3) is 5.91 Å². The standard InChI is InChI=1S/C28H28FN5O6/c1-16(35)23-12-21(24-11-19(40-28(30)37)6-7-34(23)24)27(36)32-22-10-17(15-39-25-5-3-4-8-38-25)9-20(26(22)29)18-13-31-33(2)14-18/h6-7,9-14,25H,3-5,8,15H2,1-2H3,(H2,30,37)(H,32,36). The molecule has 1 atom stereocenters. The van der Waals surface area contributed by atoms with Gasteiger partial charge in [-0.25, -0.2) is 9.18 Å². The van der Waals surface area contributed by atoms with Crippen LogP contribution in [0.5, 0.6) is 5.75 Å². The first-order valence-electron chi connectivity index (χ1n) is 12.7. The fourth-order valence-electron chi connectivity index (χ4n) is 4.66. The Balaban J connectivity index is 1.51. The summed E-state index contributed by atoms with van der Waals surface area (Å²) in [6, 6.07) is 7.39. The minimum absolute atomic E-state index is 0.0692. The van der Waals surface area contributed by atoms with E-state index in [0.29, 0.717) is 17.7 Å². The van der Waals surface area contributed by atoms with E-state index in [2.05, 4.69) is 10.4 Å². The summed E-state index contributed by atoms with van der Waals surface area (Å²) in [5.74, 6) is -1.55. The van der Waals surface area contributed by atoms with Gasteiger partial charge in [-0.15, -0.1) is 0 Å². The van der Waals surface area contributed by atoms with Gasteiger partial charge in [-0.3, -0.25) is 14.3 Å². The van der Waals surface area contributed by atoms with Gasteiger partial charge in [-0.2, -0.15) is 5.10 Å². The maximum atomic E-state index is 15.8. The molecule has 0 saturated carbocycles. The molecule has 40 heavy (non-hydrogen) atoms. The number of hydrogen-bond acceptors (Lipinski definition) is 7. The monoisotopic (exact) mass is 549 g/mol. The quantitative estimate of drug-likeness (QED) is 0.310. The van der Waals surface area contributed by atoms with Crippen molar-refractivity contribution < 1.29 is 33.0 Å². The SMILES string of the molecule is CC(=O)c1cc(C(=O)Nc2cc(COC3CCCCO3)cc(-c3cnn(C)c3)c2F)c2cc(OC(N)=O)ccn12. The van der Waals surface area contributed by atoms with Gasteiger partial charge in [0, 0.05) is 50.2 Å². The number of nitrogens with one attached hydrogen (secondary N) is 1. The van der Waals surface area contributed by atoms with Crippen LogP contribution in [0.4, 0.5) is 14.9 Å². The van der Waals surface area contributed by atoms with Crippen LogP contribution in [0.3, 0.4) is 0 Å².